The Morgan fingerprint density at radius 3 is 1.67 bits per heavy atom. The summed E-state index contributed by atoms with van der Waals surface area (Å²) in [7, 11) is 3.10. The van der Waals surface area contributed by atoms with Crippen LogP contribution in [0, 0.1) is 0 Å². The van der Waals surface area contributed by atoms with Gasteiger partial charge in [0.25, 0.3) is 0 Å². The summed E-state index contributed by atoms with van der Waals surface area (Å²) in [6.45, 7) is 0.886. The van der Waals surface area contributed by atoms with E-state index in [-0.39, 0.29) is 18.2 Å². The molecule has 0 fully saturated rings. The Hall–Kier alpha value is -1.17. The van der Waals surface area contributed by atoms with Crippen LogP contribution in [-0.4, -0.2) is 32.4 Å². The highest BCUT2D eigenvalue weighted by molar-refractivity contribution is 5.85. The number of methoxy groups -OCH3 is 2. The standard InChI is InChI=1S/C12H20N2O3.ClH/c1-16-10-7-11(17-2)9(4-6-14)12(15)8(10)3-5-13;/h7,15H,3-6,13-14H2,1-2H3;1H. The number of aromatic hydroxyl groups is 1. The zero-order valence-corrected chi connectivity index (χ0v) is 11.5. The molecule has 0 bridgehead atoms. The van der Waals surface area contributed by atoms with E-state index in [2.05, 4.69) is 0 Å². The molecule has 6 heteroatoms. The van der Waals surface area contributed by atoms with Gasteiger partial charge in [0.2, 0.25) is 0 Å². The average Bonchev–Trinajstić information content (AvgIpc) is 2.34. The van der Waals surface area contributed by atoms with Gasteiger partial charge in [0.15, 0.2) is 0 Å². The number of benzene rings is 1. The highest BCUT2D eigenvalue weighted by atomic mass is 35.5. The van der Waals surface area contributed by atoms with Gasteiger partial charge in [-0.1, -0.05) is 0 Å². The molecule has 1 aromatic rings. The van der Waals surface area contributed by atoms with Gasteiger partial charge >= 0.3 is 0 Å². The van der Waals surface area contributed by atoms with Crippen LogP contribution in [0.1, 0.15) is 11.1 Å². The number of hydrogen-bond donors (Lipinski definition) is 3. The van der Waals surface area contributed by atoms with E-state index in [1.54, 1.807) is 20.3 Å². The molecule has 1 rings (SSSR count). The minimum atomic E-state index is 0. The van der Waals surface area contributed by atoms with Gasteiger partial charge in [-0.2, -0.15) is 0 Å². The lowest BCUT2D eigenvalue weighted by Crippen LogP contribution is -2.09. The Kier molecular flexibility index (Phi) is 7.50. The van der Waals surface area contributed by atoms with E-state index in [1.807, 2.05) is 0 Å². The molecule has 1 aromatic carbocycles. The van der Waals surface area contributed by atoms with Crippen molar-refractivity contribution in [3.63, 3.8) is 0 Å². The number of halogens is 1. The first-order valence-corrected chi connectivity index (χ1v) is 5.55. The lowest BCUT2D eigenvalue weighted by molar-refractivity contribution is 0.374. The number of hydrogen-bond acceptors (Lipinski definition) is 5. The lowest BCUT2D eigenvalue weighted by Gasteiger charge is -2.16. The van der Waals surface area contributed by atoms with E-state index in [9.17, 15) is 5.11 Å². The molecule has 0 unspecified atom stereocenters. The summed E-state index contributed by atoms with van der Waals surface area (Å²) in [6, 6.07) is 1.76. The van der Waals surface area contributed by atoms with Crippen molar-refractivity contribution in [3.05, 3.63) is 17.2 Å². The van der Waals surface area contributed by atoms with Gasteiger partial charge in [-0.25, -0.2) is 0 Å². The number of ether oxygens (including phenoxy) is 2. The van der Waals surface area contributed by atoms with Crippen molar-refractivity contribution >= 4 is 12.4 Å². The quantitative estimate of drug-likeness (QED) is 0.716. The van der Waals surface area contributed by atoms with Crippen LogP contribution >= 0.6 is 12.4 Å². The maximum absolute atomic E-state index is 10.2. The monoisotopic (exact) mass is 276 g/mol. The van der Waals surface area contributed by atoms with E-state index in [4.69, 9.17) is 20.9 Å². The molecule has 0 aliphatic carbocycles. The number of phenols is 1. The predicted octanol–water partition coefficient (Wildman–Crippen LogP) is 0.834. The van der Waals surface area contributed by atoms with Crippen LogP contribution in [0.2, 0.25) is 0 Å². The van der Waals surface area contributed by atoms with Crippen molar-refractivity contribution in [3.8, 4) is 17.2 Å². The predicted molar refractivity (Wildman–Crippen MR) is 74.0 cm³/mol. The molecule has 0 atom stereocenters. The van der Waals surface area contributed by atoms with Gasteiger partial charge in [0, 0.05) is 17.2 Å². The Morgan fingerprint density at radius 2 is 1.39 bits per heavy atom. The van der Waals surface area contributed by atoms with Crippen LogP contribution in [0.15, 0.2) is 6.07 Å². The molecule has 0 aliphatic heterocycles. The second kappa shape index (κ2) is 8.02. The van der Waals surface area contributed by atoms with E-state index >= 15 is 0 Å². The largest absolute Gasteiger partial charge is 0.507 e. The van der Waals surface area contributed by atoms with Gasteiger partial charge in [-0.05, 0) is 25.9 Å². The van der Waals surface area contributed by atoms with Crippen molar-refractivity contribution in [2.24, 2.45) is 11.5 Å². The molecule has 0 amide bonds. The number of nitrogens with two attached hydrogens (primary N) is 2. The van der Waals surface area contributed by atoms with E-state index in [0.29, 0.717) is 48.6 Å². The Morgan fingerprint density at radius 1 is 1.00 bits per heavy atom. The van der Waals surface area contributed by atoms with Gasteiger partial charge in [0.05, 0.1) is 14.2 Å². The van der Waals surface area contributed by atoms with Crippen LogP contribution < -0.4 is 20.9 Å². The summed E-state index contributed by atoms with van der Waals surface area (Å²) in [5, 5.41) is 10.2. The SMILES string of the molecule is COc1cc(OC)c(CCN)c(O)c1CCN.Cl. The first-order valence-electron chi connectivity index (χ1n) is 5.55. The first-order chi connectivity index (χ1) is 8.19. The third-order valence-electron chi connectivity index (χ3n) is 2.66. The molecule has 0 heterocycles. The smallest absolute Gasteiger partial charge is 0.129 e. The van der Waals surface area contributed by atoms with E-state index in [0.717, 1.165) is 0 Å². The van der Waals surface area contributed by atoms with Crippen molar-refractivity contribution in [2.45, 2.75) is 12.8 Å². The van der Waals surface area contributed by atoms with Crippen molar-refractivity contribution in [2.75, 3.05) is 27.3 Å². The molecule has 0 aromatic heterocycles. The van der Waals surface area contributed by atoms with E-state index in [1.165, 1.54) is 0 Å². The molecule has 104 valence electrons. The minimum absolute atomic E-state index is 0. The van der Waals surface area contributed by atoms with Crippen LogP contribution in [0.25, 0.3) is 0 Å². The topological polar surface area (TPSA) is 90.7 Å². The molecule has 0 saturated carbocycles. The van der Waals surface area contributed by atoms with Gasteiger partial charge in [-0.15, -0.1) is 12.4 Å². The summed E-state index contributed by atoms with van der Waals surface area (Å²) < 4.78 is 10.5. The Labute approximate surface area is 113 Å². The fraction of sp³-hybridized carbons (Fsp3) is 0.500. The molecule has 0 aliphatic rings. The number of phenolic OH excluding ortho intramolecular Hbond substituents is 1. The summed E-state index contributed by atoms with van der Waals surface area (Å²) in [5.41, 5.74) is 12.5. The van der Waals surface area contributed by atoms with Crippen molar-refractivity contribution in [1.29, 1.82) is 0 Å². The first kappa shape index (κ1) is 16.8. The third-order valence-corrected chi connectivity index (χ3v) is 2.66. The molecule has 0 spiro atoms. The highest BCUT2D eigenvalue weighted by Crippen LogP contribution is 2.38. The van der Waals surface area contributed by atoms with Gasteiger partial charge < -0.3 is 26.0 Å². The Balaban J connectivity index is 0.00000289. The van der Waals surface area contributed by atoms with Gasteiger partial charge in [0.1, 0.15) is 17.2 Å². The normalized spacial score (nSPS) is 9.78. The zero-order chi connectivity index (χ0) is 12.8. The zero-order valence-electron chi connectivity index (χ0n) is 10.7. The summed E-state index contributed by atoms with van der Waals surface area (Å²) in [6.07, 6.45) is 1.10. The highest BCUT2D eigenvalue weighted by Gasteiger charge is 2.17. The number of rotatable bonds is 6. The molecule has 0 radical (unpaired) electrons. The summed E-state index contributed by atoms with van der Waals surface area (Å²) in [5.74, 6) is 1.35. The molecule has 5 nitrogen and oxygen atoms in total. The maximum atomic E-state index is 10.2. The summed E-state index contributed by atoms with van der Waals surface area (Å²) >= 11 is 0. The second-order valence-electron chi connectivity index (χ2n) is 3.66. The van der Waals surface area contributed by atoms with Crippen molar-refractivity contribution < 1.29 is 14.6 Å². The molecule has 5 N–H and O–H groups in total. The average molecular weight is 277 g/mol. The third kappa shape index (κ3) is 3.41. The van der Waals surface area contributed by atoms with Crippen LogP contribution in [-0.2, 0) is 12.8 Å². The van der Waals surface area contributed by atoms with Crippen LogP contribution in [0.5, 0.6) is 17.2 Å². The molecular formula is C12H21ClN2O3. The van der Waals surface area contributed by atoms with Crippen LogP contribution in [0.4, 0.5) is 0 Å². The second-order valence-corrected chi connectivity index (χ2v) is 3.66. The fourth-order valence-corrected chi connectivity index (χ4v) is 1.84. The summed E-state index contributed by atoms with van der Waals surface area (Å²) in [4.78, 5) is 0. The molecule has 18 heavy (non-hydrogen) atoms. The van der Waals surface area contributed by atoms with E-state index < -0.39 is 0 Å². The van der Waals surface area contributed by atoms with Gasteiger partial charge in [-0.3, -0.25) is 0 Å². The van der Waals surface area contributed by atoms with Crippen LogP contribution in [0.3, 0.4) is 0 Å². The Bertz CT molecular complexity index is 354. The molecular weight excluding hydrogens is 256 g/mol. The lowest BCUT2D eigenvalue weighted by atomic mass is 10.0. The minimum Gasteiger partial charge on any atom is -0.507 e. The fourth-order valence-electron chi connectivity index (χ4n) is 1.84. The van der Waals surface area contributed by atoms with Crippen molar-refractivity contribution in [1.82, 2.24) is 0 Å². The maximum Gasteiger partial charge on any atom is 0.129 e. The molecule has 0 saturated heterocycles.